The zero-order valence-electron chi connectivity index (χ0n) is 15.5. The first-order valence-corrected chi connectivity index (χ1v) is 10.1. The van der Waals surface area contributed by atoms with Crippen molar-refractivity contribution < 1.29 is 4.79 Å². The summed E-state index contributed by atoms with van der Waals surface area (Å²) in [5.74, 6) is -0.0308. The summed E-state index contributed by atoms with van der Waals surface area (Å²) in [5.41, 5.74) is 3.22. The van der Waals surface area contributed by atoms with Crippen molar-refractivity contribution in [2.24, 2.45) is 0 Å². The molecule has 1 unspecified atom stereocenters. The average molecular weight is 439 g/mol. The first-order chi connectivity index (χ1) is 13.7. The van der Waals surface area contributed by atoms with Gasteiger partial charge in [-0.15, -0.1) is 0 Å². The molecule has 3 aromatic rings. The van der Waals surface area contributed by atoms with Gasteiger partial charge in [-0.3, -0.25) is 14.8 Å². The summed E-state index contributed by atoms with van der Waals surface area (Å²) in [6.45, 7) is 1.26. The maximum atomic E-state index is 12.9. The highest BCUT2D eigenvalue weighted by atomic mass is 79.9. The Morgan fingerprint density at radius 3 is 2.50 bits per heavy atom. The molecule has 1 atom stereocenters. The van der Waals surface area contributed by atoms with E-state index < -0.39 is 6.04 Å². The van der Waals surface area contributed by atoms with Crippen LogP contribution in [-0.4, -0.2) is 29.0 Å². The van der Waals surface area contributed by atoms with Gasteiger partial charge >= 0.3 is 0 Å². The van der Waals surface area contributed by atoms with Crippen molar-refractivity contribution >= 4 is 21.8 Å². The van der Waals surface area contributed by atoms with Crippen molar-refractivity contribution in [1.29, 1.82) is 0 Å². The molecule has 0 aliphatic rings. The van der Waals surface area contributed by atoms with Crippen LogP contribution in [0.15, 0.2) is 77.8 Å². The van der Waals surface area contributed by atoms with Crippen molar-refractivity contribution in [3.63, 3.8) is 0 Å². The van der Waals surface area contributed by atoms with E-state index >= 15 is 0 Å². The van der Waals surface area contributed by atoms with Crippen LogP contribution in [0.2, 0.25) is 0 Å². The van der Waals surface area contributed by atoms with Crippen LogP contribution in [-0.2, 0) is 17.6 Å². The van der Waals surface area contributed by atoms with Gasteiger partial charge in [-0.1, -0.05) is 34.1 Å². The molecule has 1 amide bonds. The van der Waals surface area contributed by atoms with Crippen LogP contribution in [0.4, 0.5) is 0 Å². The molecule has 0 bridgehead atoms. The van der Waals surface area contributed by atoms with E-state index in [1.807, 2.05) is 54.7 Å². The zero-order valence-corrected chi connectivity index (χ0v) is 17.1. The zero-order chi connectivity index (χ0) is 19.6. The van der Waals surface area contributed by atoms with Crippen molar-refractivity contribution in [1.82, 2.24) is 20.6 Å². The Morgan fingerprint density at radius 1 is 0.929 bits per heavy atom. The van der Waals surface area contributed by atoms with Crippen molar-refractivity contribution in [3.05, 3.63) is 94.5 Å². The molecular formula is C22H23BrN4O. The number of nitrogens with one attached hydrogen (secondary N) is 2. The molecule has 3 rings (SSSR count). The molecule has 28 heavy (non-hydrogen) atoms. The fraction of sp³-hybridized carbons (Fsp3) is 0.227. The number of benzene rings is 1. The summed E-state index contributed by atoms with van der Waals surface area (Å²) in [5, 5.41) is 6.44. The Morgan fingerprint density at radius 2 is 1.75 bits per heavy atom. The van der Waals surface area contributed by atoms with E-state index in [0.29, 0.717) is 13.1 Å². The number of halogens is 1. The summed E-state index contributed by atoms with van der Waals surface area (Å²) in [6.07, 6.45) is 8.72. The molecule has 0 saturated heterocycles. The molecule has 0 aliphatic heterocycles. The first-order valence-electron chi connectivity index (χ1n) is 9.27. The largest absolute Gasteiger partial charge is 0.354 e. The molecule has 0 spiro atoms. The molecule has 5 nitrogen and oxygen atoms in total. The Kier molecular flexibility index (Phi) is 7.70. The highest BCUT2D eigenvalue weighted by Crippen LogP contribution is 2.19. The number of amides is 1. The van der Waals surface area contributed by atoms with Gasteiger partial charge in [-0.05, 0) is 59.9 Å². The lowest BCUT2D eigenvalue weighted by Gasteiger charge is -2.19. The van der Waals surface area contributed by atoms with E-state index in [1.165, 1.54) is 5.56 Å². The standard InChI is InChI=1S/C22H23BrN4O/c23-20-5-1-4-19(15-20)21(26-13-8-17-6-11-24-12-7-17)22(28)27-14-9-18-3-2-10-25-16-18/h1-7,10-12,15-16,21,26H,8-9,13-14H2,(H,27,28). The Labute approximate surface area is 173 Å². The first kappa shape index (κ1) is 20.2. The fourth-order valence-electron chi connectivity index (χ4n) is 2.94. The smallest absolute Gasteiger partial charge is 0.241 e. The lowest BCUT2D eigenvalue weighted by atomic mass is 10.1. The van der Waals surface area contributed by atoms with E-state index in [-0.39, 0.29) is 5.91 Å². The Bertz CT molecular complexity index is 874. The van der Waals surface area contributed by atoms with Gasteiger partial charge in [0.05, 0.1) is 0 Å². The maximum absolute atomic E-state index is 12.9. The quantitative estimate of drug-likeness (QED) is 0.536. The molecule has 6 heteroatoms. The minimum Gasteiger partial charge on any atom is -0.354 e. The van der Waals surface area contributed by atoms with Gasteiger partial charge in [0.1, 0.15) is 6.04 Å². The van der Waals surface area contributed by atoms with Crippen LogP contribution in [0.5, 0.6) is 0 Å². The third-order valence-corrected chi connectivity index (χ3v) is 4.88. The molecule has 0 saturated carbocycles. The molecule has 2 heterocycles. The summed E-state index contributed by atoms with van der Waals surface area (Å²) in [4.78, 5) is 21.0. The third-order valence-electron chi connectivity index (χ3n) is 4.39. The third kappa shape index (κ3) is 6.25. The van der Waals surface area contributed by atoms with Gasteiger partial charge in [0.25, 0.3) is 0 Å². The normalized spacial score (nSPS) is 11.8. The van der Waals surface area contributed by atoms with Gasteiger partial charge in [-0.25, -0.2) is 0 Å². The maximum Gasteiger partial charge on any atom is 0.241 e. The molecule has 2 aromatic heterocycles. The van der Waals surface area contributed by atoms with Gasteiger partial charge < -0.3 is 10.6 Å². The van der Waals surface area contributed by atoms with Crippen LogP contribution in [0.3, 0.4) is 0 Å². The lowest BCUT2D eigenvalue weighted by molar-refractivity contribution is -0.123. The second-order valence-corrected chi connectivity index (χ2v) is 7.37. The second-order valence-electron chi connectivity index (χ2n) is 6.45. The van der Waals surface area contributed by atoms with E-state index in [2.05, 4.69) is 36.5 Å². The molecule has 144 valence electrons. The van der Waals surface area contributed by atoms with Crippen LogP contribution in [0.1, 0.15) is 22.7 Å². The van der Waals surface area contributed by atoms with E-state index in [9.17, 15) is 4.79 Å². The number of carbonyl (C=O) groups is 1. The van der Waals surface area contributed by atoms with Crippen LogP contribution < -0.4 is 10.6 Å². The Balaban J connectivity index is 1.60. The summed E-state index contributed by atoms with van der Waals surface area (Å²) in [6, 6.07) is 15.3. The van der Waals surface area contributed by atoms with Crippen molar-refractivity contribution in [3.8, 4) is 0 Å². The topological polar surface area (TPSA) is 66.9 Å². The number of carbonyl (C=O) groups excluding carboxylic acids is 1. The molecule has 2 N–H and O–H groups in total. The fourth-order valence-corrected chi connectivity index (χ4v) is 3.35. The van der Waals surface area contributed by atoms with Crippen LogP contribution in [0, 0.1) is 0 Å². The monoisotopic (exact) mass is 438 g/mol. The van der Waals surface area contributed by atoms with Gasteiger partial charge in [0.2, 0.25) is 5.91 Å². The van der Waals surface area contributed by atoms with Crippen LogP contribution >= 0.6 is 15.9 Å². The lowest BCUT2D eigenvalue weighted by Crippen LogP contribution is -2.39. The number of hydrogen-bond acceptors (Lipinski definition) is 4. The van der Waals surface area contributed by atoms with Crippen LogP contribution in [0.25, 0.3) is 0 Å². The Hall–Kier alpha value is -2.57. The molecule has 0 aliphatic carbocycles. The highest BCUT2D eigenvalue weighted by Gasteiger charge is 2.19. The average Bonchev–Trinajstić information content (AvgIpc) is 2.72. The number of aromatic nitrogens is 2. The van der Waals surface area contributed by atoms with Crippen molar-refractivity contribution in [2.45, 2.75) is 18.9 Å². The van der Waals surface area contributed by atoms with E-state index in [0.717, 1.165) is 28.4 Å². The van der Waals surface area contributed by atoms with Gasteiger partial charge in [0.15, 0.2) is 0 Å². The predicted octanol–water partition coefficient (Wildman–Crippen LogP) is 3.47. The highest BCUT2D eigenvalue weighted by molar-refractivity contribution is 9.10. The summed E-state index contributed by atoms with van der Waals surface area (Å²) < 4.78 is 0.953. The summed E-state index contributed by atoms with van der Waals surface area (Å²) in [7, 11) is 0. The molecule has 0 fully saturated rings. The molecule has 1 aromatic carbocycles. The SMILES string of the molecule is O=C(NCCc1cccnc1)C(NCCc1ccncc1)c1cccc(Br)c1. The predicted molar refractivity (Wildman–Crippen MR) is 114 cm³/mol. The minimum absolute atomic E-state index is 0.0308. The number of pyridine rings is 2. The van der Waals surface area contributed by atoms with E-state index in [1.54, 1.807) is 18.6 Å². The second kappa shape index (κ2) is 10.7. The molecular weight excluding hydrogens is 416 g/mol. The van der Waals surface area contributed by atoms with Gasteiger partial charge in [-0.2, -0.15) is 0 Å². The number of hydrogen-bond donors (Lipinski definition) is 2. The van der Waals surface area contributed by atoms with Gasteiger partial charge in [0, 0.05) is 42.3 Å². The molecule has 0 radical (unpaired) electrons. The number of rotatable bonds is 9. The van der Waals surface area contributed by atoms with Crippen molar-refractivity contribution in [2.75, 3.05) is 13.1 Å². The summed E-state index contributed by atoms with van der Waals surface area (Å²) >= 11 is 3.49. The van der Waals surface area contributed by atoms with E-state index in [4.69, 9.17) is 0 Å². The number of nitrogens with zero attached hydrogens (tertiary/aromatic N) is 2. The minimum atomic E-state index is -0.409.